The molecule has 0 aliphatic rings. The third-order valence-corrected chi connectivity index (χ3v) is 2.94. The van der Waals surface area contributed by atoms with Crippen molar-refractivity contribution >= 4 is 12.2 Å². The van der Waals surface area contributed by atoms with E-state index < -0.39 is 17.8 Å². The van der Waals surface area contributed by atoms with Gasteiger partial charge in [-0.2, -0.15) is 0 Å². The Labute approximate surface area is 168 Å². The first kappa shape index (κ1) is 26.2. The molecule has 0 saturated carbocycles. The van der Waals surface area contributed by atoms with Crippen LogP contribution in [0.3, 0.4) is 0 Å². The summed E-state index contributed by atoms with van der Waals surface area (Å²) in [5.41, 5.74) is -0.488. The van der Waals surface area contributed by atoms with Gasteiger partial charge in [0.05, 0.1) is 26.4 Å². The van der Waals surface area contributed by atoms with Crippen molar-refractivity contribution in [1.29, 1.82) is 0 Å². The van der Waals surface area contributed by atoms with Crippen molar-refractivity contribution in [2.24, 2.45) is 0 Å². The van der Waals surface area contributed by atoms with Gasteiger partial charge in [-0.25, -0.2) is 9.59 Å². The van der Waals surface area contributed by atoms with Crippen LogP contribution in [0.4, 0.5) is 9.59 Å². The van der Waals surface area contributed by atoms with E-state index in [1.54, 1.807) is 0 Å². The van der Waals surface area contributed by atoms with Gasteiger partial charge in [-0.1, -0.05) is 12.7 Å². The fraction of sp³-hybridized carbons (Fsp3) is 0.789. The number of amides is 2. The van der Waals surface area contributed by atoms with E-state index >= 15 is 0 Å². The molecule has 0 heterocycles. The van der Waals surface area contributed by atoms with E-state index in [0.717, 1.165) is 0 Å². The highest BCUT2D eigenvalue weighted by Crippen LogP contribution is 2.06. The average molecular weight is 405 g/mol. The molecule has 2 amide bonds. The zero-order valence-electron chi connectivity index (χ0n) is 17.4. The molecule has 0 aromatic carbocycles. The molecule has 0 bridgehead atoms. The number of rotatable bonds is 16. The van der Waals surface area contributed by atoms with E-state index in [2.05, 4.69) is 17.2 Å². The maximum Gasteiger partial charge on any atom is 0.407 e. The highest BCUT2D eigenvalue weighted by atomic mass is 16.6. The largest absolute Gasteiger partial charge is 0.445 e. The van der Waals surface area contributed by atoms with Crippen molar-refractivity contribution in [2.75, 3.05) is 59.3 Å². The second-order valence-corrected chi connectivity index (χ2v) is 6.79. The van der Waals surface area contributed by atoms with Crippen LogP contribution in [0.15, 0.2) is 12.7 Å². The highest BCUT2D eigenvalue weighted by molar-refractivity contribution is 5.67. The minimum atomic E-state index is -0.488. The quantitative estimate of drug-likeness (QED) is 0.300. The van der Waals surface area contributed by atoms with Crippen LogP contribution in [-0.4, -0.2) is 77.1 Å². The summed E-state index contributed by atoms with van der Waals surface area (Å²) in [6.07, 6.45) is 2.04. The first-order valence-electron chi connectivity index (χ1n) is 9.56. The molecular weight excluding hydrogens is 368 g/mol. The van der Waals surface area contributed by atoms with Gasteiger partial charge in [-0.3, -0.25) is 0 Å². The van der Waals surface area contributed by atoms with Crippen LogP contribution in [-0.2, 0) is 23.7 Å². The van der Waals surface area contributed by atoms with Gasteiger partial charge in [0, 0.05) is 26.3 Å². The molecule has 0 unspecified atom stereocenters. The molecule has 0 aliphatic heterocycles. The lowest BCUT2D eigenvalue weighted by Gasteiger charge is -2.19. The summed E-state index contributed by atoms with van der Waals surface area (Å²) in [6, 6.07) is 0. The molecule has 0 fully saturated rings. The molecule has 0 rings (SSSR count). The Bertz CT molecular complexity index is 425. The number of alkyl carbamates (subject to hydrolysis) is 2. The smallest absolute Gasteiger partial charge is 0.407 e. The number of nitrogens with one attached hydrogen (secondary N) is 2. The molecule has 164 valence electrons. The molecule has 2 N–H and O–H groups in total. The van der Waals surface area contributed by atoms with Gasteiger partial charge in [-0.05, 0) is 33.6 Å². The van der Waals surface area contributed by atoms with E-state index in [9.17, 15) is 9.59 Å². The number of hydrogen-bond acceptors (Lipinski definition) is 7. The molecule has 0 atom stereocenters. The van der Waals surface area contributed by atoms with Crippen molar-refractivity contribution < 1.29 is 33.3 Å². The minimum Gasteiger partial charge on any atom is -0.445 e. The SMILES string of the molecule is C=CCOC(=O)NCCCOCCOCCOCCCNC(=O)OC(C)(C)C. The second-order valence-electron chi connectivity index (χ2n) is 6.79. The summed E-state index contributed by atoms with van der Waals surface area (Å²) >= 11 is 0. The van der Waals surface area contributed by atoms with Crippen molar-refractivity contribution in [1.82, 2.24) is 10.6 Å². The highest BCUT2D eigenvalue weighted by Gasteiger charge is 2.15. The summed E-state index contributed by atoms with van der Waals surface area (Å²) in [4.78, 5) is 22.5. The van der Waals surface area contributed by atoms with E-state index in [1.165, 1.54) is 6.08 Å². The van der Waals surface area contributed by atoms with Crippen LogP contribution in [0, 0.1) is 0 Å². The second kappa shape index (κ2) is 17.3. The van der Waals surface area contributed by atoms with Crippen molar-refractivity contribution in [3.63, 3.8) is 0 Å². The lowest BCUT2D eigenvalue weighted by Crippen LogP contribution is -2.33. The van der Waals surface area contributed by atoms with Gasteiger partial charge >= 0.3 is 12.2 Å². The van der Waals surface area contributed by atoms with E-state index in [0.29, 0.717) is 65.6 Å². The Morgan fingerprint density at radius 3 is 1.75 bits per heavy atom. The number of carbonyl (C=O) groups is 2. The van der Waals surface area contributed by atoms with Gasteiger partial charge in [0.2, 0.25) is 0 Å². The zero-order chi connectivity index (χ0) is 21.1. The van der Waals surface area contributed by atoms with Gasteiger partial charge in [0.25, 0.3) is 0 Å². The van der Waals surface area contributed by atoms with Crippen LogP contribution in [0.2, 0.25) is 0 Å². The van der Waals surface area contributed by atoms with E-state index in [1.807, 2.05) is 20.8 Å². The molecule has 0 radical (unpaired) electrons. The molecule has 9 heteroatoms. The Morgan fingerprint density at radius 1 is 0.821 bits per heavy atom. The first-order chi connectivity index (χ1) is 13.3. The molecule has 9 nitrogen and oxygen atoms in total. The standard InChI is InChI=1S/C19H36N2O7/c1-5-10-27-17(22)20-8-6-11-24-13-15-26-16-14-25-12-7-9-21-18(23)28-19(2,3)4/h5H,1,6-16H2,2-4H3,(H,20,22)(H,21,23). The molecule has 0 aromatic rings. The van der Waals surface area contributed by atoms with Crippen LogP contribution >= 0.6 is 0 Å². The van der Waals surface area contributed by atoms with Gasteiger partial charge in [0.1, 0.15) is 12.2 Å². The molecule has 0 aromatic heterocycles. The van der Waals surface area contributed by atoms with Crippen molar-refractivity contribution in [3.8, 4) is 0 Å². The summed E-state index contributed by atoms with van der Waals surface area (Å²) in [7, 11) is 0. The minimum absolute atomic E-state index is 0.201. The van der Waals surface area contributed by atoms with E-state index in [-0.39, 0.29) is 6.61 Å². The summed E-state index contributed by atoms with van der Waals surface area (Å²) in [6.45, 7) is 13.1. The van der Waals surface area contributed by atoms with Crippen molar-refractivity contribution in [2.45, 2.75) is 39.2 Å². The monoisotopic (exact) mass is 404 g/mol. The van der Waals surface area contributed by atoms with Gasteiger partial charge in [-0.15, -0.1) is 0 Å². The van der Waals surface area contributed by atoms with Gasteiger partial charge in [0.15, 0.2) is 0 Å². The average Bonchev–Trinajstić information content (AvgIpc) is 2.61. The lowest BCUT2D eigenvalue weighted by molar-refractivity contribution is 0.0136. The first-order valence-corrected chi connectivity index (χ1v) is 9.56. The molecule has 0 saturated heterocycles. The van der Waals surface area contributed by atoms with Gasteiger partial charge < -0.3 is 34.3 Å². The third kappa shape index (κ3) is 20.5. The lowest BCUT2D eigenvalue weighted by atomic mass is 10.2. The van der Waals surface area contributed by atoms with Crippen LogP contribution in [0.1, 0.15) is 33.6 Å². The number of ether oxygens (including phenoxy) is 5. The van der Waals surface area contributed by atoms with E-state index in [4.69, 9.17) is 23.7 Å². The van der Waals surface area contributed by atoms with Crippen molar-refractivity contribution in [3.05, 3.63) is 12.7 Å². The molecular formula is C19H36N2O7. The van der Waals surface area contributed by atoms with Crippen LogP contribution in [0.25, 0.3) is 0 Å². The fourth-order valence-electron chi connectivity index (χ4n) is 1.77. The fourth-order valence-corrected chi connectivity index (χ4v) is 1.77. The topological polar surface area (TPSA) is 104 Å². The molecule has 0 aliphatic carbocycles. The normalized spacial score (nSPS) is 11.0. The number of hydrogen-bond donors (Lipinski definition) is 2. The Hall–Kier alpha value is -1.84. The molecule has 0 spiro atoms. The summed E-state index contributed by atoms with van der Waals surface area (Å²) in [5, 5.41) is 5.28. The Balaban J connectivity index is 3.21. The predicted molar refractivity (Wildman–Crippen MR) is 105 cm³/mol. The van der Waals surface area contributed by atoms with Crippen LogP contribution < -0.4 is 10.6 Å². The maximum absolute atomic E-state index is 11.4. The summed E-state index contributed by atoms with van der Waals surface area (Å²) < 4.78 is 26.1. The molecule has 28 heavy (non-hydrogen) atoms. The maximum atomic E-state index is 11.4. The Morgan fingerprint density at radius 2 is 1.29 bits per heavy atom. The Kier molecular flexibility index (Phi) is 16.1. The number of carbonyl (C=O) groups excluding carboxylic acids is 2. The summed E-state index contributed by atoms with van der Waals surface area (Å²) in [5.74, 6) is 0. The van der Waals surface area contributed by atoms with Crippen LogP contribution in [0.5, 0.6) is 0 Å². The zero-order valence-corrected chi connectivity index (χ0v) is 17.4. The predicted octanol–water partition coefficient (Wildman–Crippen LogP) is 2.25. The third-order valence-electron chi connectivity index (χ3n) is 2.94.